The van der Waals surface area contributed by atoms with E-state index in [0.29, 0.717) is 0 Å². The van der Waals surface area contributed by atoms with Crippen LogP contribution in [0.25, 0.3) is 0 Å². The van der Waals surface area contributed by atoms with E-state index in [-0.39, 0.29) is 72.9 Å². The summed E-state index contributed by atoms with van der Waals surface area (Å²) in [6, 6.07) is 0. The van der Waals surface area contributed by atoms with Gasteiger partial charge in [-0.1, -0.05) is 26.7 Å². The predicted molar refractivity (Wildman–Crippen MR) is 34.1 cm³/mol. The summed E-state index contributed by atoms with van der Waals surface area (Å²) < 4.78 is 0. The van der Waals surface area contributed by atoms with Gasteiger partial charge in [0.2, 0.25) is 0 Å². The third-order valence-electron chi connectivity index (χ3n) is 0.500. The summed E-state index contributed by atoms with van der Waals surface area (Å²) in [4.78, 5) is 0. The van der Waals surface area contributed by atoms with Gasteiger partial charge in [0.05, 0.1) is 0 Å². The van der Waals surface area contributed by atoms with Crippen molar-refractivity contribution in [2.75, 3.05) is 0 Å². The molecule has 0 saturated heterocycles. The molecule has 7 heavy (non-hydrogen) atoms. The molecule has 0 aromatic carbocycles. The van der Waals surface area contributed by atoms with Gasteiger partial charge in [-0.05, 0) is 11.0 Å². The second kappa shape index (κ2) is 24.1. The average molecular weight is 138 g/mol. The van der Waals surface area contributed by atoms with Crippen molar-refractivity contribution in [1.82, 2.24) is 0 Å². The van der Waals surface area contributed by atoms with E-state index in [4.69, 9.17) is 0 Å². The molecular formula is C4H16Na2Si. The predicted octanol–water partition coefficient (Wildman–Crippen LogP) is -5.41. The summed E-state index contributed by atoms with van der Waals surface area (Å²) in [5.74, 6) is 0. The van der Waals surface area contributed by atoms with Crippen LogP contribution < -0.4 is 59.1 Å². The molecule has 0 amide bonds. The first-order valence-electron chi connectivity index (χ1n) is 1.91. The molecule has 0 saturated carbocycles. The van der Waals surface area contributed by atoms with Gasteiger partial charge in [-0.3, -0.25) is 0 Å². The first-order chi connectivity index (χ1) is 1.91. The molecule has 0 radical (unpaired) electrons. The number of hydrogen-bond acceptors (Lipinski definition) is 0. The third kappa shape index (κ3) is 30.7. The molecule has 0 aliphatic rings. The Morgan fingerprint density at radius 3 is 1.14 bits per heavy atom. The Kier molecular flexibility index (Phi) is 78.6. The Labute approximate surface area is 98.4 Å². The molecule has 0 nitrogen and oxygen atoms in total. The Morgan fingerprint density at radius 1 is 1.00 bits per heavy atom. The molecule has 3 heteroatoms. The van der Waals surface area contributed by atoms with E-state index < -0.39 is 0 Å². The van der Waals surface area contributed by atoms with Crippen molar-refractivity contribution in [2.45, 2.75) is 26.7 Å². The summed E-state index contributed by atoms with van der Waals surface area (Å²) in [7, 11) is 0. The van der Waals surface area contributed by atoms with Crippen LogP contribution in [0.15, 0.2) is 0 Å². The zero-order chi connectivity index (χ0) is 3.41. The number of hydrogen-bond donors (Lipinski definition) is 0. The fourth-order valence-electron chi connectivity index (χ4n) is 0. The van der Waals surface area contributed by atoms with E-state index in [9.17, 15) is 0 Å². The van der Waals surface area contributed by atoms with Crippen molar-refractivity contribution in [3.05, 3.63) is 0 Å². The molecule has 0 unspecified atom stereocenters. The standard InChI is InChI=1S/C4H10.2Na.H4Si.2H/c1-3-4-2;;;;;/h3-4H2,1-2H3;;;1H4;;/q;2*+1;;2*-1. The van der Waals surface area contributed by atoms with Crippen molar-refractivity contribution < 1.29 is 62.0 Å². The van der Waals surface area contributed by atoms with Crippen LogP contribution >= 0.6 is 0 Å². The summed E-state index contributed by atoms with van der Waals surface area (Å²) in [6.07, 6.45) is 2.64. The second-order valence-electron chi connectivity index (χ2n) is 1.000. The van der Waals surface area contributed by atoms with Crippen LogP contribution in [0.4, 0.5) is 0 Å². The molecule has 0 rings (SSSR count). The first kappa shape index (κ1) is 22.9. The Balaban J connectivity index is -0.00000000450. The van der Waals surface area contributed by atoms with Crippen LogP contribution in [0.2, 0.25) is 0 Å². The monoisotopic (exact) mass is 138 g/mol. The summed E-state index contributed by atoms with van der Waals surface area (Å²) >= 11 is 0. The van der Waals surface area contributed by atoms with Gasteiger partial charge in [-0.2, -0.15) is 0 Å². The molecule has 0 aromatic heterocycles. The molecule has 0 N–H and O–H groups in total. The molecule has 0 aliphatic heterocycles. The molecule has 0 bridgehead atoms. The van der Waals surface area contributed by atoms with E-state index in [1.807, 2.05) is 0 Å². The van der Waals surface area contributed by atoms with E-state index in [2.05, 4.69) is 13.8 Å². The van der Waals surface area contributed by atoms with Gasteiger partial charge in [0, 0.05) is 0 Å². The maximum absolute atomic E-state index is 2.18. The second-order valence-corrected chi connectivity index (χ2v) is 1.000. The Bertz CT molecular complexity index is 18.5. The van der Waals surface area contributed by atoms with Crippen LogP contribution in [0.3, 0.4) is 0 Å². The van der Waals surface area contributed by atoms with Crippen molar-refractivity contribution >= 4 is 11.0 Å². The fourth-order valence-corrected chi connectivity index (χ4v) is 0. The molecule has 0 fully saturated rings. The summed E-state index contributed by atoms with van der Waals surface area (Å²) in [5, 5.41) is 0. The smallest absolute Gasteiger partial charge is 1.00 e. The molecule has 0 heterocycles. The van der Waals surface area contributed by atoms with Crippen LogP contribution in [-0.4, -0.2) is 11.0 Å². The number of unbranched alkanes of at least 4 members (excludes halogenated alkanes) is 1. The van der Waals surface area contributed by atoms with Gasteiger partial charge in [-0.25, -0.2) is 0 Å². The van der Waals surface area contributed by atoms with Gasteiger partial charge < -0.3 is 2.85 Å². The maximum Gasteiger partial charge on any atom is 1.00 e. The van der Waals surface area contributed by atoms with Gasteiger partial charge in [0.1, 0.15) is 0 Å². The zero-order valence-corrected chi connectivity index (χ0v) is 9.41. The van der Waals surface area contributed by atoms with Crippen LogP contribution in [0.1, 0.15) is 29.5 Å². The molecule has 0 aliphatic carbocycles. The Morgan fingerprint density at radius 2 is 1.14 bits per heavy atom. The van der Waals surface area contributed by atoms with E-state index in [1.165, 1.54) is 12.8 Å². The molecule has 0 atom stereocenters. The fraction of sp³-hybridized carbons (Fsp3) is 1.00. The minimum atomic E-state index is 0. The van der Waals surface area contributed by atoms with Crippen molar-refractivity contribution in [3.8, 4) is 0 Å². The molecular weight excluding hydrogens is 122 g/mol. The van der Waals surface area contributed by atoms with Crippen molar-refractivity contribution in [2.24, 2.45) is 0 Å². The van der Waals surface area contributed by atoms with Crippen molar-refractivity contribution in [3.63, 3.8) is 0 Å². The topological polar surface area (TPSA) is 0 Å². The molecule has 38 valence electrons. The largest absolute Gasteiger partial charge is 1.00 e. The first-order valence-corrected chi connectivity index (χ1v) is 1.91. The van der Waals surface area contributed by atoms with E-state index in [0.717, 1.165) is 0 Å². The van der Waals surface area contributed by atoms with Gasteiger partial charge in [-0.15, -0.1) is 0 Å². The Hall–Kier alpha value is 2.22. The normalized spacial score (nSPS) is 4.29. The minimum absolute atomic E-state index is 0. The molecule has 0 spiro atoms. The molecule has 0 aromatic rings. The van der Waals surface area contributed by atoms with E-state index >= 15 is 0 Å². The summed E-state index contributed by atoms with van der Waals surface area (Å²) in [5.41, 5.74) is 0. The van der Waals surface area contributed by atoms with Crippen LogP contribution in [0, 0.1) is 0 Å². The van der Waals surface area contributed by atoms with E-state index in [1.54, 1.807) is 0 Å². The van der Waals surface area contributed by atoms with Crippen LogP contribution in [-0.2, 0) is 0 Å². The SMILES string of the molecule is CCCC.[H-].[H-].[Na+].[Na+].[SiH4]. The third-order valence-corrected chi connectivity index (χ3v) is 0.500. The van der Waals surface area contributed by atoms with Gasteiger partial charge in [0.15, 0.2) is 0 Å². The van der Waals surface area contributed by atoms with Crippen molar-refractivity contribution in [1.29, 1.82) is 0 Å². The quantitative estimate of drug-likeness (QED) is 0.317. The number of rotatable bonds is 1. The van der Waals surface area contributed by atoms with Crippen LogP contribution in [0.5, 0.6) is 0 Å². The van der Waals surface area contributed by atoms with Gasteiger partial charge in [0.25, 0.3) is 0 Å². The average Bonchev–Trinajstić information content (AvgIpc) is 1.37. The maximum atomic E-state index is 2.18. The minimum Gasteiger partial charge on any atom is -1.00 e. The van der Waals surface area contributed by atoms with Gasteiger partial charge >= 0.3 is 59.1 Å². The summed E-state index contributed by atoms with van der Waals surface area (Å²) in [6.45, 7) is 4.36. The zero-order valence-electron chi connectivity index (χ0n) is 7.41.